The summed E-state index contributed by atoms with van der Waals surface area (Å²) in [4.78, 5) is 13.2. The lowest BCUT2D eigenvalue weighted by molar-refractivity contribution is -0.121. The van der Waals surface area contributed by atoms with Gasteiger partial charge in [0.2, 0.25) is 10.0 Å². The van der Waals surface area contributed by atoms with Crippen LogP contribution in [0.3, 0.4) is 0 Å². The number of hydrazone groups is 1. The third-order valence-corrected chi connectivity index (χ3v) is 9.83. The first-order chi connectivity index (χ1) is 14.8. The Morgan fingerprint density at radius 1 is 1.06 bits per heavy atom. The van der Waals surface area contributed by atoms with E-state index in [1.54, 1.807) is 5.01 Å². The minimum absolute atomic E-state index is 0.0643. The number of carbonyl (C=O) groups is 1. The van der Waals surface area contributed by atoms with Gasteiger partial charge in [-0.05, 0) is 54.9 Å². The zero-order valence-electron chi connectivity index (χ0n) is 17.8. The van der Waals surface area contributed by atoms with Crippen LogP contribution in [0, 0.1) is 16.7 Å². The van der Waals surface area contributed by atoms with Crippen LogP contribution in [0.5, 0.6) is 0 Å². The quantitative estimate of drug-likeness (QED) is 0.532. The SMILES string of the molecule is CC1(C)[C@H]2CC[C@@]13CS(=O)(=O)N(C(=O)/C=N/N(c1ccccc1)c1ccccc1)[C@@H]3C2. The van der Waals surface area contributed by atoms with Gasteiger partial charge in [0.1, 0.15) is 6.21 Å². The summed E-state index contributed by atoms with van der Waals surface area (Å²) in [6.45, 7) is 4.35. The van der Waals surface area contributed by atoms with Crippen molar-refractivity contribution < 1.29 is 13.2 Å². The Kier molecular flexibility index (Phi) is 4.52. The van der Waals surface area contributed by atoms with Crippen LogP contribution in [0.4, 0.5) is 11.4 Å². The van der Waals surface area contributed by atoms with Crippen LogP contribution in [-0.2, 0) is 14.8 Å². The smallest absolute Gasteiger partial charge is 0.267 e. The van der Waals surface area contributed by atoms with Crippen LogP contribution in [-0.4, -0.2) is 36.6 Å². The van der Waals surface area contributed by atoms with Gasteiger partial charge in [0, 0.05) is 5.41 Å². The fourth-order valence-electron chi connectivity index (χ4n) is 6.16. The van der Waals surface area contributed by atoms with Gasteiger partial charge in [0.25, 0.3) is 5.91 Å². The normalized spacial score (nSPS) is 29.9. The number of nitrogens with zero attached hydrogens (tertiary/aromatic N) is 3. The van der Waals surface area contributed by atoms with E-state index in [2.05, 4.69) is 18.9 Å². The van der Waals surface area contributed by atoms with E-state index in [1.807, 2.05) is 60.7 Å². The standard InChI is InChI=1S/C24H27N3O3S/c1-23(2)18-13-14-24(23)17-31(29,30)27(21(24)15-18)22(28)16-25-26(19-9-5-3-6-10-19)20-11-7-4-8-12-20/h3-12,16,18,21H,13-15,17H2,1-2H3/b25-16+/t18-,21+,24-/m0/s1. The lowest BCUT2D eigenvalue weighted by Crippen LogP contribution is -2.44. The van der Waals surface area contributed by atoms with Crippen LogP contribution in [0.25, 0.3) is 0 Å². The molecule has 31 heavy (non-hydrogen) atoms. The van der Waals surface area contributed by atoms with Crippen molar-refractivity contribution in [1.82, 2.24) is 4.31 Å². The summed E-state index contributed by atoms with van der Waals surface area (Å²) < 4.78 is 27.3. The van der Waals surface area contributed by atoms with E-state index in [-0.39, 0.29) is 22.6 Å². The largest absolute Gasteiger partial charge is 0.280 e. The summed E-state index contributed by atoms with van der Waals surface area (Å²) in [7, 11) is -3.66. The van der Waals surface area contributed by atoms with Gasteiger partial charge in [0.15, 0.2) is 0 Å². The Morgan fingerprint density at radius 3 is 2.19 bits per heavy atom. The highest BCUT2D eigenvalue weighted by atomic mass is 32.2. The zero-order valence-corrected chi connectivity index (χ0v) is 18.6. The van der Waals surface area contributed by atoms with E-state index in [1.165, 1.54) is 0 Å². The Balaban J connectivity index is 1.48. The molecule has 0 N–H and O–H groups in total. The number of hydrogen-bond donors (Lipinski definition) is 0. The lowest BCUT2D eigenvalue weighted by atomic mass is 9.69. The molecule has 6 nitrogen and oxygen atoms in total. The van der Waals surface area contributed by atoms with Gasteiger partial charge in [-0.25, -0.2) is 17.7 Å². The number of anilines is 2. The molecule has 3 aliphatic rings. The molecular formula is C24H27N3O3S. The second-order valence-corrected chi connectivity index (χ2v) is 11.3. The molecule has 0 radical (unpaired) electrons. The molecule has 3 atom stereocenters. The van der Waals surface area contributed by atoms with Crippen LogP contribution in [0.1, 0.15) is 33.1 Å². The van der Waals surface area contributed by atoms with Gasteiger partial charge >= 0.3 is 0 Å². The molecule has 1 amide bonds. The molecule has 1 spiro atoms. The highest BCUT2D eigenvalue weighted by Crippen LogP contribution is 2.69. The van der Waals surface area contributed by atoms with Crippen molar-refractivity contribution in [1.29, 1.82) is 0 Å². The summed E-state index contributed by atoms with van der Waals surface area (Å²) in [6.07, 6.45) is 3.84. The minimum Gasteiger partial charge on any atom is -0.267 e. The third-order valence-electron chi connectivity index (χ3n) is 7.91. The van der Waals surface area contributed by atoms with E-state index in [4.69, 9.17) is 0 Å². The average Bonchev–Trinajstić information content (AvgIpc) is 3.23. The maximum absolute atomic E-state index is 13.2. The van der Waals surface area contributed by atoms with Crippen molar-refractivity contribution in [3.05, 3.63) is 60.7 Å². The third kappa shape index (κ3) is 2.93. The van der Waals surface area contributed by atoms with Gasteiger partial charge in [-0.2, -0.15) is 5.10 Å². The molecule has 162 valence electrons. The first-order valence-corrected chi connectivity index (χ1v) is 12.4. The molecule has 2 saturated carbocycles. The fourth-order valence-corrected chi connectivity index (χ4v) is 8.66. The van der Waals surface area contributed by atoms with Crippen LogP contribution in [0.2, 0.25) is 0 Å². The van der Waals surface area contributed by atoms with Crippen molar-refractivity contribution >= 4 is 33.5 Å². The lowest BCUT2D eigenvalue weighted by Gasteiger charge is -2.36. The van der Waals surface area contributed by atoms with Gasteiger partial charge in [-0.3, -0.25) is 4.79 Å². The monoisotopic (exact) mass is 437 g/mol. The Bertz CT molecular complexity index is 1090. The molecule has 2 bridgehead atoms. The van der Waals surface area contributed by atoms with Crippen molar-refractivity contribution in [3.63, 3.8) is 0 Å². The number of para-hydroxylation sites is 2. The zero-order chi connectivity index (χ0) is 21.9. The van der Waals surface area contributed by atoms with E-state index in [9.17, 15) is 13.2 Å². The summed E-state index contributed by atoms with van der Waals surface area (Å²) in [5.74, 6) is -0.0260. The second-order valence-electron chi connectivity index (χ2n) is 9.48. The highest BCUT2D eigenvalue weighted by molar-refractivity contribution is 7.90. The molecule has 7 heteroatoms. The molecule has 0 unspecified atom stereocenters. The first kappa shape index (κ1) is 20.2. The molecule has 2 aromatic carbocycles. The van der Waals surface area contributed by atoms with Gasteiger partial charge in [0.05, 0.1) is 23.2 Å². The molecule has 0 aromatic heterocycles. The summed E-state index contributed by atoms with van der Waals surface area (Å²) in [5.41, 5.74) is 1.18. The molecule has 2 aromatic rings. The van der Waals surface area contributed by atoms with E-state index in [0.29, 0.717) is 5.92 Å². The number of fused-ring (bicyclic) bond motifs is 1. The summed E-state index contributed by atoms with van der Waals surface area (Å²) >= 11 is 0. The van der Waals surface area contributed by atoms with Crippen LogP contribution in [0.15, 0.2) is 65.8 Å². The molecule has 3 fully saturated rings. The predicted octanol–water partition coefficient (Wildman–Crippen LogP) is 4.18. The van der Waals surface area contributed by atoms with Crippen LogP contribution < -0.4 is 5.01 Å². The number of rotatable bonds is 4. The number of hydrogen-bond acceptors (Lipinski definition) is 5. The van der Waals surface area contributed by atoms with Crippen molar-refractivity contribution in [2.45, 2.75) is 39.2 Å². The van der Waals surface area contributed by atoms with Gasteiger partial charge < -0.3 is 0 Å². The number of carbonyl (C=O) groups excluding carboxylic acids is 1. The summed E-state index contributed by atoms with van der Waals surface area (Å²) in [6, 6.07) is 18.7. The number of sulfonamides is 1. The van der Waals surface area contributed by atoms with E-state index >= 15 is 0 Å². The average molecular weight is 438 g/mol. The van der Waals surface area contributed by atoms with Crippen LogP contribution >= 0.6 is 0 Å². The van der Waals surface area contributed by atoms with Crippen molar-refractivity contribution in [2.24, 2.45) is 21.8 Å². The second kappa shape index (κ2) is 6.92. The Labute approximate surface area is 183 Å². The molecule has 1 heterocycles. The van der Waals surface area contributed by atoms with Gasteiger partial charge in [-0.1, -0.05) is 50.2 Å². The van der Waals surface area contributed by atoms with Crippen molar-refractivity contribution in [2.75, 3.05) is 10.8 Å². The number of amides is 1. The number of benzene rings is 2. The Morgan fingerprint density at radius 2 is 1.65 bits per heavy atom. The van der Waals surface area contributed by atoms with Crippen molar-refractivity contribution in [3.8, 4) is 0 Å². The minimum atomic E-state index is -3.66. The predicted molar refractivity (Wildman–Crippen MR) is 121 cm³/mol. The Hall–Kier alpha value is -2.67. The molecule has 1 saturated heterocycles. The maximum atomic E-state index is 13.2. The van der Waals surface area contributed by atoms with Gasteiger partial charge in [-0.15, -0.1) is 0 Å². The summed E-state index contributed by atoms with van der Waals surface area (Å²) in [5, 5.41) is 6.09. The maximum Gasteiger partial charge on any atom is 0.280 e. The fraction of sp³-hybridized carbons (Fsp3) is 0.417. The first-order valence-electron chi connectivity index (χ1n) is 10.8. The highest BCUT2D eigenvalue weighted by Gasteiger charge is 2.72. The molecule has 2 aliphatic carbocycles. The van der Waals surface area contributed by atoms with E-state index in [0.717, 1.165) is 41.2 Å². The van der Waals surface area contributed by atoms with E-state index < -0.39 is 15.9 Å². The molecule has 5 rings (SSSR count). The molecular weight excluding hydrogens is 410 g/mol. The molecule has 1 aliphatic heterocycles. The topological polar surface area (TPSA) is 70.0 Å².